The average Bonchev–Trinajstić information content (AvgIpc) is 2.25. The Balaban J connectivity index is 2.78. The zero-order valence-corrected chi connectivity index (χ0v) is 10.5. The van der Waals surface area contributed by atoms with Crippen LogP contribution in [0.4, 0.5) is 0 Å². The lowest BCUT2D eigenvalue weighted by Gasteiger charge is -2.32. The number of carbonyl (C=O) groups excluding carboxylic acids is 3. The molecule has 6 nitrogen and oxygen atoms in total. The van der Waals surface area contributed by atoms with Crippen LogP contribution < -0.4 is 0 Å². The van der Waals surface area contributed by atoms with Crippen molar-refractivity contribution < 1.29 is 28.6 Å². The minimum atomic E-state index is -0.686. The molecule has 6 heteroatoms. The summed E-state index contributed by atoms with van der Waals surface area (Å²) in [6.07, 6.45) is 1.52. The first-order valence-corrected chi connectivity index (χ1v) is 5.55. The van der Waals surface area contributed by atoms with Crippen LogP contribution in [0.2, 0.25) is 0 Å². The second-order valence-corrected chi connectivity index (χ2v) is 4.02. The Bertz CT molecular complexity index is 373. The summed E-state index contributed by atoms with van der Waals surface area (Å²) in [6.45, 7) is 3.86. The summed E-state index contributed by atoms with van der Waals surface area (Å²) in [5.74, 6) is -1.80. The van der Waals surface area contributed by atoms with Gasteiger partial charge in [0.05, 0.1) is 12.2 Å². The van der Waals surface area contributed by atoms with Gasteiger partial charge in [-0.05, 0) is 13.0 Å². The van der Waals surface area contributed by atoms with Gasteiger partial charge in [0.2, 0.25) is 0 Å². The average molecular weight is 256 g/mol. The summed E-state index contributed by atoms with van der Waals surface area (Å²) in [6, 6.07) is 0. The Morgan fingerprint density at radius 2 is 1.83 bits per heavy atom. The summed E-state index contributed by atoms with van der Waals surface area (Å²) in [5.41, 5.74) is 0. The van der Waals surface area contributed by atoms with E-state index < -0.39 is 30.1 Å². The normalized spacial score (nSPS) is 26.1. The summed E-state index contributed by atoms with van der Waals surface area (Å²) in [7, 11) is 0. The SMILES string of the molecule is CC(=O)OC[C@@H]1OC=C[C@H](OC(C)=O)[C@H]1C(C)=O. The number of hydrogen-bond acceptors (Lipinski definition) is 6. The fourth-order valence-electron chi connectivity index (χ4n) is 1.78. The lowest BCUT2D eigenvalue weighted by molar-refractivity contribution is -0.159. The summed E-state index contributed by atoms with van der Waals surface area (Å²) in [5, 5.41) is 0. The highest BCUT2D eigenvalue weighted by Crippen LogP contribution is 2.23. The Hall–Kier alpha value is -1.85. The van der Waals surface area contributed by atoms with Gasteiger partial charge in [0.25, 0.3) is 0 Å². The molecule has 0 aromatic heterocycles. The van der Waals surface area contributed by atoms with Crippen molar-refractivity contribution in [2.45, 2.75) is 33.0 Å². The van der Waals surface area contributed by atoms with Gasteiger partial charge >= 0.3 is 11.9 Å². The predicted molar refractivity (Wildman–Crippen MR) is 60.4 cm³/mol. The van der Waals surface area contributed by atoms with E-state index in [2.05, 4.69) is 0 Å². The summed E-state index contributed by atoms with van der Waals surface area (Å²) < 4.78 is 15.1. The molecule has 18 heavy (non-hydrogen) atoms. The van der Waals surface area contributed by atoms with Crippen molar-refractivity contribution >= 4 is 17.7 Å². The van der Waals surface area contributed by atoms with Crippen LogP contribution in [0, 0.1) is 5.92 Å². The molecule has 0 fully saturated rings. The molecule has 0 unspecified atom stereocenters. The number of ketones is 1. The van der Waals surface area contributed by atoms with E-state index in [1.54, 1.807) is 0 Å². The molecule has 100 valence electrons. The smallest absolute Gasteiger partial charge is 0.303 e. The molecular weight excluding hydrogens is 240 g/mol. The molecule has 1 aliphatic heterocycles. The monoisotopic (exact) mass is 256 g/mol. The van der Waals surface area contributed by atoms with E-state index in [1.807, 2.05) is 0 Å². The quantitative estimate of drug-likeness (QED) is 0.685. The van der Waals surface area contributed by atoms with Gasteiger partial charge in [0.1, 0.15) is 24.6 Å². The van der Waals surface area contributed by atoms with Gasteiger partial charge in [-0.3, -0.25) is 14.4 Å². The predicted octanol–water partition coefficient (Wildman–Crippen LogP) is 0.599. The zero-order chi connectivity index (χ0) is 13.7. The van der Waals surface area contributed by atoms with Crippen LogP contribution >= 0.6 is 0 Å². The standard InChI is InChI=1S/C12H16O6/c1-7(13)12-10(18-9(3)15)4-5-16-11(12)6-17-8(2)14/h4-5,10-12H,6H2,1-3H3/t10-,11-,12+/m0/s1. The first-order valence-electron chi connectivity index (χ1n) is 5.55. The largest absolute Gasteiger partial charge is 0.494 e. The highest BCUT2D eigenvalue weighted by atomic mass is 16.6. The number of ether oxygens (including phenoxy) is 3. The van der Waals surface area contributed by atoms with Crippen LogP contribution in [0.5, 0.6) is 0 Å². The van der Waals surface area contributed by atoms with Gasteiger partial charge in [0.15, 0.2) is 0 Å². The first-order chi connectivity index (χ1) is 8.41. The Morgan fingerprint density at radius 3 is 2.33 bits per heavy atom. The third-order valence-electron chi connectivity index (χ3n) is 2.50. The van der Waals surface area contributed by atoms with E-state index in [4.69, 9.17) is 14.2 Å². The topological polar surface area (TPSA) is 78.9 Å². The van der Waals surface area contributed by atoms with Crippen LogP contribution in [-0.2, 0) is 28.6 Å². The van der Waals surface area contributed by atoms with E-state index in [0.717, 1.165) is 0 Å². The Morgan fingerprint density at radius 1 is 1.17 bits per heavy atom. The van der Waals surface area contributed by atoms with Crippen LogP contribution in [0.15, 0.2) is 12.3 Å². The van der Waals surface area contributed by atoms with E-state index >= 15 is 0 Å². The van der Waals surface area contributed by atoms with E-state index in [9.17, 15) is 14.4 Å². The van der Waals surface area contributed by atoms with E-state index in [0.29, 0.717) is 0 Å². The number of carbonyl (C=O) groups is 3. The maximum Gasteiger partial charge on any atom is 0.303 e. The Labute approximate surface area is 105 Å². The third-order valence-corrected chi connectivity index (χ3v) is 2.50. The van der Waals surface area contributed by atoms with Crippen LogP contribution in [0.25, 0.3) is 0 Å². The lowest BCUT2D eigenvalue weighted by Crippen LogP contribution is -2.44. The molecule has 0 aromatic rings. The highest BCUT2D eigenvalue weighted by molar-refractivity contribution is 5.80. The van der Waals surface area contributed by atoms with Gasteiger partial charge in [-0.2, -0.15) is 0 Å². The number of Topliss-reactive ketones (excluding diaryl/α,β-unsaturated/α-hetero) is 1. The minimum Gasteiger partial charge on any atom is -0.494 e. The van der Waals surface area contributed by atoms with Gasteiger partial charge in [-0.1, -0.05) is 0 Å². The van der Waals surface area contributed by atoms with Crippen LogP contribution in [0.3, 0.4) is 0 Å². The molecule has 1 aliphatic rings. The van der Waals surface area contributed by atoms with Crippen molar-refractivity contribution in [2.24, 2.45) is 5.92 Å². The highest BCUT2D eigenvalue weighted by Gasteiger charge is 2.38. The van der Waals surface area contributed by atoms with Gasteiger partial charge < -0.3 is 14.2 Å². The van der Waals surface area contributed by atoms with Gasteiger partial charge in [-0.15, -0.1) is 0 Å². The number of esters is 2. The molecule has 0 radical (unpaired) electrons. The van der Waals surface area contributed by atoms with Crippen molar-refractivity contribution in [3.05, 3.63) is 12.3 Å². The summed E-state index contributed by atoms with van der Waals surface area (Å²) >= 11 is 0. The number of rotatable bonds is 4. The molecule has 0 bridgehead atoms. The zero-order valence-electron chi connectivity index (χ0n) is 10.5. The van der Waals surface area contributed by atoms with Crippen molar-refractivity contribution in [2.75, 3.05) is 6.61 Å². The van der Waals surface area contributed by atoms with Crippen molar-refractivity contribution in [1.29, 1.82) is 0 Å². The molecule has 0 aromatic carbocycles. The molecule has 3 atom stereocenters. The maximum absolute atomic E-state index is 11.6. The second-order valence-electron chi connectivity index (χ2n) is 4.02. The number of hydrogen-bond donors (Lipinski definition) is 0. The Kier molecular flexibility index (Phi) is 4.88. The van der Waals surface area contributed by atoms with Crippen LogP contribution in [-0.4, -0.2) is 36.5 Å². The van der Waals surface area contributed by atoms with Gasteiger partial charge in [0, 0.05) is 13.8 Å². The molecular formula is C12H16O6. The molecule has 1 rings (SSSR count). The lowest BCUT2D eigenvalue weighted by atomic mass is 9.90. The van der Waals surface area contributed by atoms with Crippen molar-refractivity contribution in [3.8, 4) is 0 Å². The molecule has 0 saturated heterocycles. The first kappa shape index (κ1) is 14.2. The van der Waals surface area contributed by atoms with Crippen molar-refractivity contribution in [1.82, 2.24) is 0 Å². The molecule has 0 saturated carbocycles. The molecule has 0 aliphatic carbocycles. The maximum atomic E-state index is 11.6. The molecule has 0 spiro atoms. The van der Waals surface area contributed by atoms with Gasteiger partial charge in [-0.25, -0.2) is 0 Å². The molecule has 0 N–H and O–H groups in total. The molecule has 1 heterocycles. The van der Waals surface area contributed by atoms with Crippen molar-refractivity contribution in [3.63, 3.8) is 0 Å². The minimum absolute atomic E-state index is 0.0539. The fourth-order valence-corrected chi connectivity index (χ4v) is 1.78. The molecule has 0 amide bonds. The third kappa shape index (κ3) is 3.87. The summed E-state index contributed by atoms with van der Waals surface area (Å²) in [4.78, 5) is 33.3. The van der Waals surface area contributed by atoms with Crippen LogP contribution in [0.1, 0.15) is 20.8 Å². The second kappa shape index (κ2) is 6.18. The van der Waals surface area contributed by atoms with E-state index in [-0.39, 0.29) is 12.4 Å². The fraction of sp³-hybridized carbons (Fsp3) is 0.583. The van der Waals surface area contributed by atoms with E-state index in [1.165, 1.54) is 33.1 Å².